The van der Waals surface area contributed by atoms with E-state index in [1.165, 1.54) is 6.26 Å². The summed E-state index contributed by atoms with van der Waals surface area (Å²) in [6.07, 6.45) is -1.56. The van der Waals surface area contributed by atoms with Crippen molar-refractivity contribution in [1.82, 2.24) is 0 Å². The maximum Gasteiger partial charge on any atom is 0.239 e. The Balaban J connectivity index is 1.52. The molecule has 6 heteroatoms. The predicted octanol–water partition coefficient (Wildman–Crippen LogP) is 5.99. The zero-order chi connectivity index (χ0) is 25.0. The second-order valence-electron chi connectivity index (χ2n) is 8.62. The molecule has 190 valence electrons. The van der Waals surface area contributed by atoms with Crippen LogP contribution in [0, 0.1) is 0 Å². The second-order valence-corrected chi connectivity index (χ2v) is 8.62. The van der Waals surface area contributed by atoms with Gasteiger partial charge in [-0.1, -0.05) is 97.1 Å². The Morgan fingerprint density at radius 1 is 0.694 bits per heavy atom. The molecule has 0 radical (unpaired) electrons. The zero-order valence-corrected chi connectivity index (χ0v) is 20.4. The lowest BCUT2D eigenvalue weighted by Gasteiger charge is -2.43. The van der Waals surface area contributed by atoms with Gasteiger partial charge in [0, 0.05) is 0 Å². The van der Waals surface area contributed by atoms with Gasteiger partial charge in [-0.05, 0) is 23.6 Å². The molecule has 3 aromatic rings. The first-order valence-electron chi connectivity index (χ1n) is 12.2. The lowest BCUT2D eigenvalue weighted by Crippen LogP contribution is -2.59. The average Bonchev–Trinajstić information content (AvgIpc) is 2.92. The van der Waals surface area contributed by atoms with Gasteiger partial charge in [0.05, 0.1) is 32.7 Å². The van der Waals surface area contributed by atoms with Gasteiger partial charge >= 0.3 is 0 Å². The summed E-state index contributed by atoms with van der Waals surface area (Å²) in [5.41, 5.74) is 3.00. The standard InChI is InChI=1S/C30H33FO5/c1-2-18-33-29-28(35-21-25-16-10-5-11-17-25)27(34-20-24-14-8-4-9-15-24)26(36-30(29)31)22-32-19-23-12-6-3-7-13-23/h2-18,26-30H,19-22H2,1H3/b18-2+/t26-,27-,28+,29+,30+/m1/s1. The molecule has 0 unspecified atom stereocenters. The van der Waals surface area contributed by atoms with Crippen LogP contribution in [0.4, 0.5) is 4.39 Å². The van der Waals surface area contributed by atoms with E-state index in [1.807, 2.05) is 91.0 Å². The molecular weight excluding hydrogens is 459 g/mol. The number of benzene rings is 3. The molecule has 36 heavy (non-hydrogen) atoms. The monoisotopic (exact) mass is 492 g/mol. The molecule has 1 aliphatic rings. The van der Waals surface area contributed by atoms with Crippen molar-refractivity contribution < 1.29 is 28.1 Å². The van der Waals surface area contributed by atoms with Gasteiger partial charge in [0.25, 0.3) is 0 Å². The largest absolute Gasteiger partial charge is 0.490 e. The molecule has 5 atom stereocenters. The fourth-order valence-electron chi connectivity index (χ4n) is 4.10. The van der Waals surface area contributed by atoms with Crippen LogP contribution in [0.2, 0.25) is 0 Å². The van der Waals surface area contributed by atoms with E-state index in [0.717, 1.165) is 16.7 Å². The minimum atomic E-state index is -1.70. The summed E-state index contributed by atoms with van der Waals surface area (Å²) >= 11 is 0. The van der Waals surface area contributed by atoms with E-state index in [1.54, 1.807) is 13.0 Å². The van der Waals surface area contributed by atoms with E-state index in [9.17, 15) is 0 Å². The van der Waals surface area contributed by atoms with Crippen LogP contribution in [0.5, 0.6) is 0 Å². The van der Waals surface area contributed by atoms with Gasteiger partial charge in [-0.25, -0.2) is 4.39 Å². The SMILES string of the molecule is C/C=C/O[C@H]1[C@@H](OCc2ccccc2)[C@H](OCc2ccccc2)[C@@H](COCc2ccccc2)O[C@@H]1F. The normalized spacial score (nSPS) is 24.1. The van der Waals surface area contributed by atoms with Crippen LogP contribution in [0.3, 0.4) is 0 Å². The van der Waals surface area contributed by atoms with Crippen LogP contribution in [0.25, 0.3) is 0 Å². The molecule has 0 N–H and O–H groups in total. The van der Waals surface area contributed by atoms with Crippen molar-refractivity contribution in [2.75, 3.05) is 6.61 Å². The highest BCUT2D eigenvalue weighted by atomic mass is 19.1. The molecule has 1 saturated heterocycles. The summed E-state index contributed by atoms with van der Waals surface area (Å²) in [4.78, 5) is 0. The average molecular weight is 493 g/mol. The number of hydrogen-bond acceptors (Lipinski definition) is 5. The molecule has 0 aliphatic carbocycles. The van der Waals surface area contributed by atoms with E-state index >= 15 is 4.39 Å². The van der Waals surface area contributed by atoms with Crippen LogP contribution in [-0.2, 0) is 43.5 Å². The number of hydrogen-bond donors (Lipinski definition) is 0. The van der Waals surface area contributed by atoms with Crippen LogP contribution >= 0.6 is 0 Å². The van der Waals surface area contributed by atoms with Crippen molar-refractivity contribution in [3.05, 3.63) is 120 Å². The van der Waals surface area contributed by atoms with E-state index < -0.39 is 30.8 Å². The third-order valence-electron chi connectivity index (χ3n) is 5.91. The smallest absolute Gasteiger partial charge is 0.239 e. The number of alkyl halides is 1. The van der Waals surface area contributed by atoms with Gasteiger partial charge in [-0.3, -0.25) is 0 Å². The van der Waals surface area contributed by atoms with Crippen molar-refractivity contribution in [3.8, 4) is 0 Å². The molecule has 1 fully saturated rings. The Bertz CT molecular complexity index is 1030. The molecule has 3 aromatic carbocycles. The first kappa shape index (κ1) is 26.0. The molecule has 0 amide bonds. The first-order valence-corrected chi connectivity index (χ1v) is 12.2. The van der Waals surface area contributed by atoms with Crippen LogP contribution in [0.15, 0.2) is 103 Å². The highest BCUT2D eigenvalue weighted by Gasteiger charge is 2.49. The molecule has 0 saturated carbocycles. The first-order chi connectivity index (χ1) is 17.7. The van der Waals surface area contributed by atoms with Crippen molar-refractivity contribution in [2.45, 2.75) is 57.5 Å². The summed E-state index contributed by atoms with van der Waals surface area (Å²) < 4.78 is 45.4. The Morgan fingerprint density at radius 2 is 1.19 bits per heavy atom. The summed E-state index contributed by atoms with van der Waals surface area (Å²) in [5.74, 6) is 0. The minimum absolute atomic E-state index is 0.149. The van der Waals surface area contributed by atoms with Crippen molar-refractivity contribution in [3.63, 3.8) is 0 Å². The molecule has 1 heterocycles. The molecule has 5 nitrogen and oxygen atoms in total. The Hall–Kier alpha value is -3.03. The molecule has 0 spiro atoms. The molecule has 1 aliphatic heterocycles. The number of allylic oxidation sites excluding steroid dienone is 1. The van der Waals surface area contributed by atoms with E-state index in [0.29, 0.717) is 13.2 Å². The number of ether oxygens (including phenoxy) is 5. The second kappa shape index (κ2) is 13.9. The summed E-state index contributed by atoms with van der Waals surface area (Å²) in [6.45, 7) is 2.95. The maximum absolute atomic E-state index is 15.3. The van der Waals surface area contributed by atoms with Gasteiger partial charge in [0.15, 0.2) is 6.10 Å². The van der Waals surface area contributed by atoms with Crippen molar-refractivity contribution >= 4 is 0 Å². The van der Waals surface area contributed by atoms with Crippen LogP contribution in [0.1, 0.15) is 23.6 Å². The summed E-state index contributed by atoms with van der Waals surface area (Å²) in [5, 5.41) is 0. The molecule has 0 aromatic heterocycles. The Kier molecular flexibility index (Phi) is 10.1. The fraction of sp³-hybridized carbons (Fsp3) is 0.333. The zero-order valence-electron chi connectivity index (χ0n) is 20.4. The van der Waals surface area contributed by atoms with Crippen molar-refractivity contribution in [2.24, 2.45) is 0 Å². The lowest BCUT2D eigenvalue weighted by atomic mass is 9.98. The van der Waals surface area contributed by atoms with Crippen LogP contribution in [-0.4, -0.2) is 37.4 Å². The molecule has 0 bridgehead atoms. The number of halogens is 1. The fourth-order valence-corrected chi connectivity index (χ4v) is 4.10. The van der Waals surface area contributed by atoms with Gasteiger partial charge in [-0.2, -0.15) is 0 Å². The summed E-state index contributed by atoms with van der Waals surface area (Å²) in [6, 6.07) is 29.4. The third-order valence-corrected chi connectivity index (χ3v) is 5.91. The van der Waals surface area contributed by atoms with Gasteiger partial charge < -0.3 is 23.7 Å². The molecular formula is C30H33FO5. The quantitative estimate of drug-likeness (QED) is 0.291. The van der Waals surface area contributed by atoms with Gasteiger partial charge in [0.1, 0.15) is 18.3 Å². The Labute approximate surface area is 212 Å². The summed E-state index contributed by atoms with van der Waals surface area (Å²) in [7, 11) is 0. The minimum Gasteiger partial charge on any atom is -0.490 e. The number of rotatable bonds is 12. The van der Waals surface area contributed by atoms with Gasteiger partial charge in [0.2, 0.25) is 6.36 Å². The predicted molar refractivity (Wildman–Crippen MR) is 136 cm³/mol. The van der Waals surface area contributed by atoms with E-state index in [-0.39, 0.29) is 13.2 Å². The molecule has 4 rings (SSSR count). The van der Waals surface area contributed by atoms with E-state index in [4.69, 9.17) is 23.7 Å². The maximum atomic E-state index is 15.3. The highest BCUT2D eigenvalue weighted by Crippen LogP contribution is 2.31. The topological polar surface area (TPSA) is 46.2 Å². The lowest BCUT2D eigenvalue weighted by molar-refractivity contribution is -0.288. The Morgan fingerprint density at radius 3 is 1.72 bits per heavy atom. The highest BCUT2D eigenvalue weighted by molar-refractivity contribution is 5.15. The van der Waals surface area contributed by atoms with Gasteiger partial charge in [-0.15, -0.1) is 0 Å². The van der Waals surface area contributed by atoms with Crippen molar-refractivity contribution in [1.29, 1.82) is 0 Å². The third kappa shape index (κ3) is 7.48. The van der Waals surface area contributed by atoms with Crippen LogP contribution < -0.4 is 0 Å². The van der Waals surface area contributed by atoms with E-state index in [2.05, 4.69) is 0 Å².